The number of para-hydroxylation sites is 1. The Hall–Kier alpha value is -1.55. The fourth-order valence-corrected chi connectivity index (χ4v) is 2.99. The second-order valence-corrected chi connectivity index (χ2v) is 4.90. The summed E-state index contributed by atoms with van der Waals surface area (Å²) >= 11 is 0. The highest BCUT2D eigenvalue weighted by Crippen LogP contribution is 2.37. The van der Waals surface area contributed by atoms with Gasteiger partial charge in [-0.05, 0) is 37.3 Å². The second kappa shape index (κ2) is 4.37. The lowest BCUT2D eigenvalue weighted by atomic mass is 10.1. The van der Waals surface area contributed by atoms with Gasteiger partial charge >= 0.3 is 0 Å². The van der Waals surface area contributed by atoms with Gasteiger partial charge in [0.15, 0.2) is 0 Å². The summed E-state index contributed by atoms with van der Waals surface area (Å²) in [6.07, 6.45) is 3.94. The van der Waals surface area contributed by atoms with Crippen molar-refractivity contribution in [3.63, 3.8) is 0 Å². The van der Waals surface area contributed by atoms with Crippen LogP contribution in [0.5, 0.6) is 0 Å². The van der Waals surface area contributed by atoms with Crippen molar-refractivity contribution in [2.75, 3.05) is 6.54 Å². The zero-order chi connectivity index (χ0) is 11.7. The molecule has 1 saturated carbocycles. The molecule has 90 valence electrons. The number of hydrogen-bond acceptors (Lipinski definition) is 2. The standard InChI is InChI=1S/C13H18N4/c14-16-13(15-11-4-2-1-3-5-11)17-9-10-6-7-12(17)8-10/h1-5,10,12H,6-9,14H2,(H,15,16). The number of nitrogens with two attached hydrogens (primary N) is 1. The van der Waals surface area contributed by atoms with E-state index >= 15 is 0 Å². The number of guanidine groups is 1. The van der Waals surface area contributed by atoms with Crippen molar-refractivity contribution in [1.29, 1.82) is 0 Å². The predicted molar refractivity (Wildman–Crippen MR) is 68.7 cm³/mol. The maximum absolute atomic E-state index is 5.61. The van der Waals surface area contributed by atoms with Gasteiger partial charge in [0.2, 0.25) is 5.96 Å². The Balaban J connectivity index is 1.82. The first-order chi connectivity index (χ1) is 8.36. The number of rotatable bonds is 1. The van der Waals surface area contributed by atoms with Crippen LogP contribution in [0.3, 0.4) is 0 Å². The third-order valence-corrected chi connectivity index (χ3v) is 3.80. The normalized spacial score (nSPS) is 27.6. The first-order valence-electron chi connectivity index (χ1n) is 6.24. The second-order valence-electron chi connectivity index (χ2n) is 4.90. The number of hydrazine groups is 1. The van der Waals surface area contributed by atoms with Gasteiger partial charge in [-0.25, -0.2) is 10.8 Å². The number of nitrogens with one attached hydrogen (secondary N) is 1. The number of fused-ring (bicyclic) bond motifs is 2. The van der Waals surface area contributed by atoms with E-state index in [0.29, 0.717) is 6.04 Å². The summed E-state index contributed by atoms with van der Waals surface area (Å²) in [6.45, 7) is 1.10. The highest BCUT2D eigenvalue weighted by atomic mass is 15.4. The van der Waals surface area contributed by atoms with Crippen LogP contribution in [0.1, 0.15) is 19.3 Å². The minimum Gasteiger partial charge on any atom is -0.338 e. The highest BCUT2D eigenvalue weighted by molar-refractivity contribution is 5.83. The van der Waals surface area contributed by atoms with Gasteiger partial charge in [-0.1, -0.05) is 18.2 Å². The Kier molecular flexibility index (Phi) is 2.73. The summed E-state index contributed by atoms with van der Waals surface area (Å²) in [5.41, 5.74) is 3.70. The Morgan fingerprint density at radius 1 is 1.29 bits per heavy atom. The number of hydrogen-bond donors (Lipinski definition) is 2. The summed E-state index contributed by atoms with van der Waals surface area (Å²) in [7, 11) is 0. The molecule has 0 amide bonds. The van der Waals surface area contributed by atoms with Crippen LogP contribution >= 0.6 is 0 Å². The number of likely N-dealkylation sites (tertiary alicyclic amines) is 1. The molecule has 2 fully saturated rings. The van der Waals surface area contributed by atoms with E-state index in [0.717, 1.165) is 24.1 Å². The summed E-state index contributed by atoms with van der Waals surface area (Å²) in [5.74, 6) is 7.26. The Morgan fingerprint density at radius 3 is 2.71 bits per heavy atom. The van der Waals surface area contributed by atoms with Crippen molar-refractivity contribution in [2.45, 2.75) is 25.3 Å². The molecular formula is C13H18N4. The van der Waals surface area contributed by atoms with Crippen LogP contribution in [-0.2, 0) is 0 Å². The molecule has 2 atom stereocenters. The summed E-state index contributed by atoms with van der Waals surface area (Å²) in [4.78, 5) is 6.90. The number of nitrogens with zero attached hydrogens (tertiary/aromatic N) is 2. The molecule has 2 unspecified atom stereocenters. The van der Waals surface area contributed by atoms with Gasteiger partial charge in [-0.3, -0.25) is 5.43 Å². The molecule has 4 nitrogen and oxygen atoms in total. The van der Waals surface area contributed by atoms with Crippen LogP contribution in [0, 0.1) is 5.92 Å². The van der Waals surface area contributed by atoms with Crippen molar-refractivity contribution in [2.24, 2.45) is 16.8 Å². The van der Waals surface area contributed by atoms with E-state index in [1.807, 2.05) is 30.3 Å². The molecule has 1 aromatic rings. The molecular weight excluding hydrogens is 212 g/mol. The average molecular weight is 230 g/mol. The minimum absolute atomic E-state index is 0.638. The van der Waals surface area contributed by atoms with E-state index in [9.17, 15) is 0 Å². The molecule has 1 aromatic carbocycles. The number of aliphatic imine (C=N–C) groups is 1. The quantitative estimate of drug-likeness (QED) is 0.333. The Labute approximate surface area is 101 Å². The van der Waals surface area contributed by atoms with Crippen molar-refractivity contribution >= 4 is 11.6 Å². The van der Waals surface area contributed by atoms with E-state index < -0.39 is 0 Å². The first-order valence-corrected chi connectivity index (χ1v) is 6.24. The lowest BCUT2D eigenvalue weighted by molar-refractivity contribution is 0.318. The van der Waals surface area contributed by atoms with Crippen LogP contribution < -0.4 is 11.3 Å². The van der Waals surface area contributed by atoms with Crippen LogP contribution in [0.2, 0.25) is 0 Å². The third kappa shape index (κ3) is 2.00. The molecule has 2 aliphatic rings. The summed E-state index contributed by atoms with van der Waals surface area (Å²) in [5, 5.41) is 0. The zero-order valence-corrected chi connectivity index (χ0v) is 9.84. The van der Waals surface area contributed by atoms with Gasteiger partial charge in [-0.2, -0.15) is 0 Å². The third-order valence-electron chi connectivity index (χ3n) is 3.80. The molecule has 1 aliphatic heterocycles. The van der Waals surface area contributed by atoms with E-state index in [1.54, 1.807) is 0 Å². The smallest absolute Gasteiger partial charge is 0.213 e. The SMILES string of the molecule is NNC(=Nc1ccccc1)N1CC2CCC1C2. The van der Waals surface area contributed by atoms with Gasteiger partial charge < -0.3 is 4.90 Å². The van der Waals surface area contributed by atoms with Crippen LogP contribution in [0.4, 0.5) is 5.69 Å². The fraction of sp³-hybridized carbons (Fsp3) is 0.462. The molecule has 1 aliphatic carbocycles. The lowest BCUT2D eigenvalue weighted by Gasteiger charge is -2.29. The van der Waals surface area contributed by atoms with Gasteiger partial charge in [0.1, 0.15) is 0 Å². The monoisotopic (exact) mass is 230 g/mol. The molecule has 1 saturated heterocycles. The van der Waals surface area contributed by atoms with Crippen molar-refractivity contribution < 1.29 is 0 Å². The minimum atomic E-state index is 0.638. The zero-order valence-electron chi connectivity index (χ0n) is 9.84. The Bertz CT molecular complexity index is 415. The van der Waals surface area contributed by atoms with Gasteiger partial charge in [0.25, 0.3) is 0 Å². The maximum atomic E-state index is 5.61. The lowest BCUT2D eigenvalue weighted by Crippen LogP contribution is -2.48. The maximum Gasteiger partial charge on any atom is 0.213 e. The molecule has 17 heavy (non-hydrogen) atoms. The summed E-state index contributed by atoms with van der Waals surface area (Å²) in [6, 6.07) is 10.6. The van der Waals surface area contributed by atoms with Crippen molar-refractivity contribution in [3.8, 4) is 0 Å². The largest absolute Gasteiger partial charge is 0.338 e. The van der Waals surface area contributed by atoms with E-state index in [-0.39, 0.29) is 0 Å². The molecule has 3 N–H and O–H groups in total. The predicted octanol–water partition coefficient (Wildman–Crippen LogP) is 1.62. The molecule has 2 bridgehead atoms. The van der Waals surface area contributed by atoms with Gasteiger partial charge in [0, 0.05) is 12.6 Å². The molecule has 4 heteroatoms. The first kappa shape index (κ1) is 10.6. The number of benzene rings is 1. The van der Waals surface area contributed by atoms with Crippen LogP contribution in [0.15, 0.2) is 35.3 Å². The van der Waals surface area contributed by atoms with E-state index in [2.05, 4.69) is 15.3 Å². The van der Waals surface area contributed by atoms with E-state index in [1.165, 1.54) is 19.3 Å². The highest BCUT2D eigenvalue weighted by Gasteiger charge is 2.39. The molecule has 3 rings (SSSR count). The molecule has 1 heterocycles. The van der Waals surface area contributed by atoms with Gasteiger partial charge in [0.05, 0.1) is 5.69 Å². The van der Waals surface area contributed by atoms with Crippen LogP contribution in [-0.4, -0.2) is 23.4 Å². The average Bonchev–Trinajstić information content (AvgIpc) is 2.99. The summed E-state index contributed by atoms with van der Waals surface area (Å²) < 4.78 is 0. The van der Waals surface area contributed by atoms with Crippen molar-refractivity contribution in [3.05, 3.63) is 30.3 Å². The molecule has 0 aromatic heterocycles. The molecule has 0 radical (unpaired) electrons. The van der Waals surface area contributed by atoms with Crippen molar-refractivity contribution in [1.82, 2.24) is 10.3 Å². The number of piperidine rings is 1. The Morgan fingerprint density at radius 2 is 2.12 bits per heavy atom. The van der Waals surface area contributed by atoms with Crippen LogP contribution in [0.25, 0.3) is 0 Å². The fourth-order valence-electron chi connectivity index (χ4n) is 2.99. The topological polar surface area (TPSA) is 53.6 Å². The molecule has 0 spiro atoms. The van der Waals surface area contributed by atoms with E-state index in [4.69, 9.17) is 5.84 Å². The van der Waals surface area contributed by atoms with Gasteiger partial charge in [-0.15, -0.1) is 0 Å².